The zero-order valence-corrected chi connectivity index (χ0v) is 14.1. The Morgan fingerprint density at radius 2 is 2.04 bits per heavy atom. The van der Waals surface area contributed by atoms with E-state index < -0.39 is 0 Å². The molecule has 0 aliphatic carbocycles. The van der Waals surface area contributed by atoms with Crippen molar-refractivity contribution in [2.45, 2.75) is 26.8 Å². The van der Waals surface area contributed by atoms with Gasteiger partial charge in [-0.1, -0.05) is 30.3 Å². The molecule has 0 aliphatic rings. The zero-order chi connectivity index (χ0) is 16.9. The van der Waals surface area contributed by atoms with Gasteiger partial charge < -0.3 is 20.7 Å². The van der Waals surface area contributed by atoms with Gasteiger partial charge in [0.05, 0.1) is 0 Å². The van der Waals surface area contributed by atoms with Gasteiger partial charge in [-0.2, -0.15) is 0 Å². The first-order valence-corrected chi connectivity index (χ1v) is 8.10. The zero-order valence-electron chi connectivity index (χ0n) is 14.1. The molecule has 6 nitrogen and oxygen atoms in total. The van der Waals surface area contributed by atoms with Crippen molar-refractivity contribution >= 4 is 11.9 Å². The summed E-state index contributed by atoms with van der Waals surface area (Å²) in [5.74, 6) is 0.265. The number of carbonyl (C=O) groups excluding carboxylic acids is 1. The molecule has 0 aromatic heterocycles. The first kappa shape index (κ1) is 19.0. The minimum atomic E-state index is -0.0320. The Balaban J connectivity index is 2.35. The van der Waals surface area contributed by atoms with Crippen molar-refractivity contribution in [2.24, 2.45) is 10.7 Å². The summed E-state index contributed by atoms with van der Waals surface area (Å²) in [7, 11) is 0. The van der Waals surface area contributed by atoms with Crippen molar-refractivity contribution in [2.75, 3.05) is 32.8 Å². The SMILES string of the molecule is CCOCCCNC(N)=NCC(=O)N(CC)Cc1ccccc1. The van der Waals surface area contributed by atoms with E-state index in [1.807, 2.05) is 44.2 Å². The predicted molar refractivity (Wildman–Crippen MR) is 93.1 cm³/mol. The second kappa shape index (κ2) is 11.5. The largest absolute Gasteiger partial charge is 0.382 e. The van der Waals surface area contributed by atoms with Crippen molar-refractivity contribution in [3.8, 4) is 0 Å². The standard InChI is InChI=1S/C17H28N4O2/c1-3-21(14-15-9-6-5-7-10-15)16(22)13-20-17(18)19-11-8-12-23-4-2/h5-7,9-10H,3-4,8,11-14H2,1-2H3,(H3,18,19,20). The minimum Gasteiger partial charge on any atom is -0.382 e. The van der Waals surface area contributed by atoms with Crippen molar-refractivity contribution in [1.82, 2.24) is 10.2 Å². The molecule has 0 heterocycles. The lowest BCUT2D eigenvalue weighted by molar-refractivity contribution is -0.130. The third-order valence-corrected chi connectivity index (χ3v) is 3.31. The number of aliphatic imine (C=N–C) groups is 1. The lowest BCUT2D eigenvalue weighted by Gasteiger charge is -2.20. The minimum absolute atomic E-state index is 0.0320. The molecule has 1 rings (SSSR count). The quantitative estimate of drug-likeness (QED) is 0.388. The van der Waals surface area contributed by atoms with Crippen LogP contribution in [0.4, 0.5) is 0 Å². The lowest BCUT2D eigenvalue weighted by Crippen LogP contribution is -2.36. The number of nitrogens with one attached hydrogen (secondary N) is 1. The van der Waals surface area contributed by atoms with Crippen LogP contribution in [0.3, 0.4) is 0 Å². The molecule has 23 heavy (non-hydrogen) atoms. The number of ether oxygens (including phenoxy) is 1. The Kier molecular flexibility index (Phi) is 9.47. The maximum Gasteiger partial charge on any atom is 0.244 e. The maximum absolute atomic E-state index is 12.2. The number of nitrogens with zero attached hydrogens (tertiary/aromatic N) is 2. The number of nitrogens with two attached hydrogens (primary N) is 1. The van der Waals surface area contributed by atoms with Crippen LogP contribution in [-0.2, 0) is 16.1 Å². The molecule has 0 radical (unpaired) electrons. The van der Waals surface area contributed by atoms with E-state index >= 15 is 0 Å². The van der Waals surface area contributed by atoms with Crippen molar-refractivity contribution in [1.29, 1.82) is 0 Å². The van der Waals surface area contributed by atoms with Crippen LogP contribution in [0.15, 0.2) is 35.3 Å². The fraction of sp³-hybridized carbons (Fsp3) is 0.529. The van der Waals surface area contributed by atoms with Gasteiger partial charge >= 0.3 is 0 Å². The Morgan fingerprint density at radius 3 is 2.70 bits per heavy atom. The van der Waals surface area contributed by atoms with Gasteiger partial charge in [-0.3, -0.25) is 4.79 Å². The average Bonchev–Trinajstić information content (AvgIpc) is 2.58. The molecule has 0 fully saturated rings. The van der Waals surface area contributed by atoms with E-state index in [2.05, 4.69) is 10.3 Å². The van der Waals surface area contributed by atoms with Gasteiger partial charge in [0.2, 0.25) is 5.91 Å². The molecule has 3 N–H and O–H groups in total. The Bertz CT molecular complexity index is 477. The Hall–Kier alpha value is -2.08. The van der Waals surface area contributed by atoms with Crippen LogP contribution in [0.5, 0.6) is 0 Å². The molecule has 0 saturated heterocycles. The van der Waals surface area contributed by atoms with Crippen molar-refractivity contribution in [3.63, 3.8) is 0 Å². The van der Waals surface area contributed by atoms with Gasteiger partial charge in [0.15, 0.2) is 5.96 Å². The van der Waals surface area contributed by atoms with Gasteiger partial charge in [0, 0.05) is 32.8 Å². The van der Waals surface area contributed by atoms with Crippen LogP contribution in [0.25, 0.3) is 0 Å². The van der Waals surface area contributed by atoms with E-state index in [9.17, 15) is 4.79 Å². The Labute approximate surface area is 138 Å². The molecule has 0 saturated carbocycles. The maximum atomic E-state index is 12.2. The highest BCUT2D eigenvalue weighted by Crippen LogP contribution is 2.04. The first-order valence-electron chi connectivity index (χ1n) is 8.10. The molecule has 6 heteroatoms. The summed E-state index contributed by atoms with van der Waals surface area (Å²) >= 11 is 0. The summed E-state index contributed by atoms with van der Waals surface area (Å²) in [6, 6.07) is 9.91. The van der Waals surface area contributed by atoms with Crippen LogP contribution in [-0.4, -0.2) is 49.6 Å². The molecule has 1 amide bonds. The molecule has 1 aromatic rings. The molecule has 128 valence electrons. The second-order valence-electron chi connectivity index (χ2n) is 5.07. The monoisotopic (exact) mass is 320 g/mol. The average molecular weight is 320 g/mol. The van der Waals surface area contributed by atoms with Gasteiger partial charge in [0.25, 0.3) is 0 Å². The van der Waals surface area contributed by atoms with Crippen LogP contribution in [0.2, 0.25) is 0 Å². The topological polar surface area (TPSA) is 80.0 Å². The first-order chi connectivity index (χ1) is 11.2. The predicted octanol–water partition coefficient (Wildman–Crippen LogP) is 1.37. The highest BCUT2D eigenvalue weighted by Gasteiger charge is 2.11. The molecule has 0 aliphatic heterocycles. The third kappa shape index (κ3) is 8.21. The van der Waals surface area contributed by atoms with Crippen LogP contribution < -0.4 is 11.1 Å². The number of amides is 1. The number of rotatable bonds is 10. The molecule has 1 aromatic carbocycles. The Morgan fingerprint density at radius 1 is 1.30 bits per heavy atom. The van der Waals surface area contributed by atoms with Crippen LogP contribution >= 0.6 is 0 Å². The lowest BCUT2D eigenvalue weighted by atomic mass is 10.2. The molecule has 0 atom stereocenters. The van der Waals surface area contributed by atoms with E-state index in [0.29, 0.717) is 38.8 Å². The van der Waals surface area contributed by atoms with E-state index in [4.69, 9.17) is 10.5 Å². The second-order valence-corrected chi connectivity index (χ2v) is 5.07. The van der Waals surface area contributed by atoms with Crippen LogP contribution in [0.1, 0.15) is 25.8 Å². The highest BCUT2D eigenvalue weighted by atomic mass is 16.5. The van der Waals surface area contributed by atoms with Crippen LogP contribution in [0, 0.1) is 0 Å². The normalized spacial score (nSPS) is 11.3. The van der Waals surface area contributed by atoms with E-state index in [1.54, 1.807) is 4.90 Å². The van der Waals surface area contributed by atoms with Gasteiger partial charge in [0.1, 0.15) is 6.54 Å². The molecule has 0 unspecified atom stereocenters. The number of hydrogen-bond donors (Lipinski definition) is 2. The fourth-order valence-electron chi connectivity index (χ4n) is 2.02. The number of guanidine groups is 1. The van der Waals surface area contributed by atoms with Crippen molar-refractivity contribution < 1.29 is 9.53 Å². The summed E-state index contributed by atoms with van der Waals surface area (Å²) in [5, 5.41) is 2.98. The summed E-state index contributed by atoms with van der Waals surface area (Å²) in [5.41, 5.74) is 6.86. The smallest absolute Gasteiger partial charge is 0.244 e. The van der Waals surface area contributed by atoms with Gasteiger partial charge in [-0.05, 0) is 25.8 Å². The summed E-state index contributed by atoms with van der Waals surface area (Å²) < 4.78 is 5.23. The summed E-state index contributed by atoms with van der Waals surface area (Å²) in [6.07, 6.45) is 0.854. The summed E-state index contributed by atoms with van der Waals surface area (Å²) in [4.78, 5) is 18.1. The molecular formula is C17H28N4O2. The van der Waals surface area contributed by atoms with Gasteiger partial charge in [-0.25, -0.2) is 4.99 Å². The third-order valence-electron chi connectivity index (χ3n) is 3.31. The van der Waals surface area contributed by atoms with E-state index in [1.165, 1.54) is 0 Å². The fourth-order valence-corrected chi connectivity index (χ4v) is 2.02. The molecular weight excluding hydrogens is 292 g/mol. The number of carbonyl (C=O) groups is 1. The number of benzene rings is 1. The molecule has 0 spiro atoms. The highest BCUT2D eigenvalue weighted by molar-refractivity contribution is 5.84. The summed E-state index contributed by atoms with van der Waals surface area (Å²) in [6.45, 7) is 7.31. The van der Waals surface area contributed by atoms with Gasteiger partial charge in [-0.15, -0.1) is 0 Å². The molecule has 0 bridgehead atoms. The van der Waals surface area contributed by atoms with Crippen molar-refractivity contribution in [3.05, 3.63) is 35.9 Å². The number of hydrogen-bond acceptors (Lipinski definition) is 3. The van der Waals surface area contributed by atoms with E-state index in [0.717, 1.165) is 12.0 Å². The number of likely N-dealkylation sites (N-methyl/N-ethyl adjacent to an activating group) is 1. The van der Waals surface area contributed by atoms with E-state index in [-0.39, 0.29) is 12.5 Å².